The lowest BCUT2D eigenvalue weighted by molar-refractivity contribution is -0.0656. The van der Waals surface area contributed by atoms with Gasteiger partial charge in [-0.2, -0.15) is 0 Å². The summed E-state index contributed by atoms with van der Waals surface area (Å²) in [6.07, 6.45) is 1.29. The molecule has 1 aromatic rings. The lowest BCUT2D eigenvalue weighted by Crippen LogP contribution is -2.39. The van der Waals surface area contributed by atoms with Gasteiger partial charge in [0, 0.05) is 13.2 Å². The van der Waals surface area contributed by atoms with E-state index in [9.17, 15) is 19.7 Å². The topological polar surface area (TPSA) is 123 Å². The van der Waals surface area contributed by atoms with Crippen molar-refractivity contribution in [3.05, 3.63) is 24.2 Å². The van der Waals surface area contributed by atoms with Crippen LogP contribution in [-0.4, -0.2) is 51.9 Å². The minimum atomic E-state index is -3.60. The van der Waals surface area contributed by atoms with Crippen LogP contribution in [0.5, 0.6) is 0 Å². The van der Waals surface area contributed by atoms with Crippen molar-refractivity contribution in [2.75, 3.05) is 19.9 Å². The fourth-order valence-corrected chi connectivity index (χ4v) is 1.54. The van der Waals surface area contributed by atoms with Gasteiger partial charge in [-0.05, 0) is 12.1 Å². The zero-order valence-electron chi connectivity index (χ0n) is 9.68. The Kier molecular flexibility index (Phi) is 5.06. The van der Waals surface area contributed by atoms with Crippen LogP contribution in [0.25, 0.3) is 0 Å². The number of hydroxylamine groups is 2. The highest BCUT2D eigenvalue weighted by Gasteiger charge is 2.23. The lowest BCUT2D eigenvalue weighted by Gasteiger charge is -2.18. The molecule has 2 atom stereocenters. The standard InChI is InChI=1S/C9H15N2O6P/c1-18(15,16)8(12)5-10-6-11(14)9(13)7-3-2-4-17-7/h2-4,8,10,12,14H,5-6H2,1H3,(H,15,16). The average molecular weight is 278 g/mol. The third kappa shape index (κ3) is 4.25. The minimum absolute atomic E-state index is 0.0387. The predicted molar refractivity (Wildman–Crippen MR) is 61.3 cm³/mol. The molecule has 0 aromatic carbocycles. The Bertz CT molecular complexity index is 428. The molecule has 8 nitrogen and oxygen atoms in total. The van der Waals surface area contributed by atoms with Crippen LogP contribution < -0.4 is 5.32 Å². The number of nitrogens with zero attached hydrogens (tertiary/aromatic N) is 1. The van der Waals surface area contributed by atoms with E-state index in [0.29, 0.717) is 5.06 Å². The van der Waals surface area contributed by atoms with E-state index in [2.05, 4.69) is 5.32 Å². The van der Waals surface area contributed by atoms with Gasteiger partial charge in [0.05, 0.1) is 12.9 Å². The molecule has 0 bridgehead atoms. The van der Waals surface area contributed by atoms with E-state index < -0.39 is 19.1 Å². The first-order valence-electron chi connectivity index (χ1n) is 5.05. The average Bonchev–Trinajstić information content (AvgIpc) is 2.79. The van der Waals surface area contributed by atoms with Crippen molar-refractivity contribution < 1.29 is 29.0 Å². The van der Waals surface area contributed by atoms with E-state index in [1.54, 1.807) is 0 Å². The molecule has 9 heteroatoms. The summed E-state index contributed by atoms with van der Waals surface area (Å²) in [4.78, 5) is 20.5. The van der Waals surface area contributed by atoms with Gasteiger partial charge in [-0.3, -0.25) is 19.9 Å². The summed E-state index contributed by atoms with van der Waals surface area (Å²) in [5.41, 5.74) is 0. The van der Waals surface area contributed by atoms with E-state index in [0.717, 1.165) is 6.66 Å². The highest BCUT2D eigenvalue weighted by atomic mass is 31.2. The Labute approximate surface area is 103 Å². The van der Waals surface area contributed by atoms with Gasteiger partial charge >= 0.3 is 5.91 Å². The largest absolute Gasteiger partial charge is 0.459 e. The van der Waals surface area contributed by atoms with Gasteiger partial charge in [0.1, 0.15) is 5.85 Å². The highest BCUT2D eigenvalue weighted by molar-refractivity contribution is 7.57. The molecule has 0 spiro atoms. The molecule has 4 N–H and O–H groups in total. The van der Waals surface area contributed by atoms with Crippen LogP contribution in [0.1, 0.15) is 10.6 Å². The van der Waals surface area contributed by atoms with Crippen molar-refractivity contribution in [3.63, 3.8) is 0 Å². The van der Waals surface area contributed by atoms with Crippen molar-refractivity contribution in [3.8, 4) is 0 Å². The maximum atomic E-state index is 11.5. The summed E-state index contributed by atoms with van der Waals surface area (Å²) in [6.45, 7) is 0.480. The summed E-state index contributed by atoms with van der Waals surface area (Å²) >= 11 is 0. The second-order valence-corrected chi connectivity index (χ2v) is 6.20. The number of hydrogen-bond donors (Lipinski definition) is 4. The number of hydrogen-bond acceptors (Lipinski definition) is 6. The molecule has 18 heavy (non-hydrogen) atoms. The van der Waals surface area contributed by atoms with Crippen molar-refractivity contribution in [1.82, 2.24) is 10.4 Å². The number of amides is 1. The molecule has 0 aliphatic rings. The monoisotopic (exact) mass is 278 g/mol. The molecular formula is C9H15N2O6P. The highest BCUT2D eigenvalue weighted by Crippen LogP contribution is 2.39. The van der Waals surface area contributed by atoms with Gasteiger partial charge in [0.25, 0.3) is 0 Å². The van der Waals surface area contributed by atoms with E-state index in [4.69, 9.17) is 9.31 Å². The van der Waals surface area contributed by atoms with Crippen LogP contribution >= 0.6 is 7.37 Å². The molecule has 0 saturated heterocycles. The summed E-state index contributed by atoms with van der Waals surface area (Å²) in [6, 6.07) is 2.88. The number of carbonyl (C=O) groups excluding carboxylic acids is 1. The number of aliphatic hydroxyl groups is 1. The van der Waals surface area contributed by atoms with Crippen LogP contribution in [0.3, 0.4) is 0 Å². The van der Waals surface area contributed by atoms with Gasteiger partial charge < -0.3 is 14.4 Å². The first-order valence-corrected chi connectivity index (χ1v) is 7.23. The van der Waals surface area contributed by atoms with E-state index >= 15 is 0 Å². The number of nitrogens with one attached hydrogen (secondary N) is 1. The molecule has 1 rings (SSSR count). The third-order valence-corrected chi connectivity index (χ3v) is 3.40. The van der Waals surface area contributed by atoms with E-state index in [1.807, 2.05) is 0 Å². The summed E-state index contributed by atoms with van der Waals surface area (Å²) in [5, 5.41) is 21.4. The Morgan fingerprint density at radius 1 is 1.67 bits per heavy atom. The maximum Gasteiger partial charge on any atom is 0.314 e. The number of aliphatic hydroxyl groups excluding tert-OH is 1. The fraction of sp³-hybridized carbons (Fsp3) is 0.444. The van der Waals surface area contributed by atoms with Gasteiger partial charge in [-0.15, -0.1) is 0 Å². The van der Waals surface area contributed by atoms with Crippen LogP contribution in [0.15, 0.2) is 22.8 Å². The first-order chi connectivity index (χ1) is 8.32. The molecule has 0 radical (unpaired) electrons. The summed E-state index contributed by atoms with van der Waals surface area (Å²) in [5.74, 6) is -2.25. The molecule has 1 aromatic heterocycles. The van der Waals surface area contributed by atoms with Gasteiger partial charge in [0.15, 0.2) is 5.76 Å². The van der Waals surface area contributed by atoms with Crippen molar-refractivity contribution in [2.45, 2.75) is 5.85 Å². The molecule has 0 saturated carbocycles. The molecule has 1 amide bonds. The van der Waals surface area contributed by atoms with Gasteiger partial charge in [0.2, 0.25) is 7.37 Å². The first kappa shape index (κ1) is 14.9. The molecule has 0 aliphatic carbocycles. The maximum absolute atomic E-state index is 11.5. The Morgan fingerprint density at radius 3 is 2.83 bits per heavy atom. The third-order valence-electron chi connectivity index (χ3n) is 2.11. The van der Waals surface area contributed by atoms with Gasteiger partial charge in [-0.25, -0.2) is 5.06 Å². The summed E-state index contributed by atoms with van der Waals surface area (Å²) < 4.78 is 15.8. The SMILES string of the molecule is CP(=O)(O)C(O)CNCN(O)C(=O)c1ccco1. The van der Waals surface area contributed by atoms with Crippen LogP contribution in [-0.2, 0) is 4.57 Å². The molecular weight excluding hydrogens is 263 g/mol. The van der Waals surface area contributed by atoms with Gasteiger partial charge in [-0.1, -0.05) is 0 Å². The summed E-state index contributed by atoms with van der Waals surface area (Å²) in [7, 11) is -3.60. The molecule has 102 valence electrons. The van der Waals surface area contributed by atoms with Crippen molar-refractivity contribution >= 4 is 13.3 Å². The predicted octanol–water partition coefficient (Wildman–Crippen LogP) is -0.123. The van der Waals surface area contributed by atoms with Crippen LogP contribution in [0, 0.1) is 0 Å². The van der Waals surface area contributed by atoms with Crippen molar-refractivity contribution in [2.24, 2.45) is 0 Å². The second kappa shape index (κ2) is 6.12. The molecule has 2 unspecified atom stereocenters. The van der Waals surface area contributed by atoms with E-state index in [-0.39, 0.29) is 19.0 Å². The number of rotatable bonds is 6. The zero-order valence-corrected chi connectivity index (χ0v) is 10.6. The Hall–Kier alpha value is -1.18. The second-order valence-electron chi connectivity index (χ2n) is 3.72. The molecule has 1 heterocycles. The van der Waals surface area contributed by atoms with Crippen LogP contribution in [0.2, 0.25) is 0 Å². The van der Waals surface area contributed by atoms with Crippen molar-refractivity contribution in [1.29, 1.82) is 0 Å². The smallest absolute Gasteiger partial charge is 0.314 e. The number of carbonyl (C=O) groups is 1. The van der Waals surface area contributed by atoms with E-state index in [1.165, 1.54) is 18.4 Å². The Balaban J connectivity index is 2.36. The lowest BCUT2D eigenvalue weighted by atomic mass is 10.4. The Morgan fingerprint density at radius 2 is 2.33 bits per heavy atom. The number of furan rings is 1. The minimum Gasteiger partial charge on any atom is -0.459 e. The normalized spacial score (nSPS) is 16.0. The fourth-order valence-electron chi connectivity index (χ4n) is 1.07. The zero-order chi connectivity index (χ0) is 13.8. The molecule has 0 aliphatic heterocycles. The molecule has 0 fully saturated rings. The quantitative estimate of drug-likeness (QED) is 0.247. The van der Waals surface area contributed by atoms with Crippen LogP contribution in [0.4, 0.5) is 0 Å².